The van der Waals surface area contributed by atoms with Crippen molar-refractivity contribution >= 4 is 28.5 Å². The molecule has 0 spiro atoms. The zero-order chi connectivity index (χ0) is 25.0. The van der Waals surface area contributed by atoms with E-state index >= 15 is 0 Å². The Bertz CT molecular complexity index is 1650. The van der Waals surface area contributed by atoms with E-state index in [1.807, 2.05) is 24.3 Å². The molecule has 0 saturated heterocycles. The van der Waals surface area contributed by atoms with E-state index in [1.165, 1.54) is 4.90 Å². The summed E-state index contributed by atoms with van der Waals surface area (Å²) >= 11 is 0. The molecular weight excluding hydrogens is 456 g/mol. The SMILES string of the molecule is COc1cccc(-n2c(C)c(C)c3c2ncn2nc(CCCN4C(=O)c5ccccc5C4=O)nc32)c1. The third-order valence-electron chi connectivity index (χ3n) is 6.85. The first kappa shape index (κ1) is 22.0. The number of rotatable bonds is 6. The van der Waals surface area contributed by atoms with Crippen LogP contribution < -0.4 is 4.74 Å². The van der Waals surface area contributed by atoms with Crippen molar-refractivity contribution in [1.82, 2.24) is 29.0 Å². The van der Waals surface area contributed by atoms with E-state index in [9.17, 15) is 9.59 Å². The van der Waals surface area contributed by atoms with Gasteiger partial charge in [0.1, 0.15) is 12.1 Å². The fourth-order valence-electron chi connectivity index (χ4n) is 4.91. The second-order valence-corrected chi connectivity index (χ2v) is 8.90. The summed E-state index contributed by atoms with van der Waals surface area (Å²) in [5, 5.41) is 5.55. The summed E-state index contributed by atoms with van der Waals surface area (Å²) in [5.41, 5.74) is 5.57. The standard InChI is InChI=1S/C27H24N6O3/c1-16-17(2)33(18-8-6-9-19(14-18)36-3)24-23(16)25-29-22(30-32(25)15-28-24)12-7-13-31-26(34)20-10-4-5-11-21(20)27(31)35/h4-6,8-11,14-15H,7,12-13H2,1-3H3. The molecule has 0 N–H and O–H groups in total. The highest BCUT2D eigenvalue weighted by molar-refractivity contribution is 6.21. The van der Waals surface area contributed by atoms with Crippen LogP contribution in [-0.2, 0) is 6.42 Å². The predicted octanol–water partition coefficient (Wildman–Crippen LogP) is 3.92. The Balaban J connectivity index is 1.29. The summed E-state index contributed by atoms with van der Waals surface area (Å²) in [6.07, 6.45) is 2.78. The summed E-state index contributed by atoms with van der Waals surface area (Å²) in [7, 11) is 1.65. The topological polar surface area (TPSA) is 94.6 Å². The molecule has 3 aromatic heterocycles. The van der Waals surface area contributed by atoms with Crippen molar-refractivity contribution in [2.45, 2.75) is 26.7 Å². The average Bonchev–Trinajstić information content (AvgIpc) is 3.51. The number of fused-ring (bicyclic) bond motifs is 4. The maximum Gasteiger partial charge on any atom is 0.261 e. The summed E-state index contributed by atoms with van der Waals surface area (Å²) < 4.78 is 9.21. The number of methoxy groups -OCH3 is 1. The van der Waals surface area contributed by atoms with Crippen molar-refractivity contribution in [2.75, 3.05) is 13.7 Å². The first-order valence-corrected chi connectivity index (χ1v) is 11.8. The molecule has 0 atom stereocenters. The lowest BCUT2D eigenvalue weighted by Gasteiger charge is -2.12. The van der Waals surface area contributed by atoms with Crippen LogP contribution in [0, 0.1) is 13.8 Å². The fraction of sp³-hybridized carbons (Fsp3) is 0.222. The summed E-state index contributed by atoms with van der Waals surface area (Å²) in [6.45, 7) is 4.44. The van der Waals surface area contributed by atoms with E-state index in [4.69, 9.17) is 14.7 Å². The van der Waals surface area contributed by atoms with Crippen LogP contribution in [0.25, 0.3) is 22.4 Å². The smallest absolute Gasteiger partial charge is 0.261 e. The van der Waals surface area contributed by atoms with Gasteiger partial charge in [-0.15, -0.1) is 5.10 Å². The Kier molecular flexibility index (Phi) is 5.06. The molecule has 0 radical (unpaired) electrons. The van der Waals surface area contributed by atoms with E-state index in [2.05, 4.69) is 23.5 Å². The minimum Gasteiger partial charge on any atom is -0.497 e. The number of aryl methyl sites for hydroxylation is 2. The van der Waals surface area contributed by atoms with Crippen molar-refractivity contribution in [1.29, 1.82) is 0 Å². The molecular formula is C27H24N6O3. The van der Waals surface area contributed by atoms with Crippen LogP contribution in [0.2, 0.25) is 0 Å². The summed E-state index contributed by atoms with van der Waals surface area (Å²) in [4.78, 5) is 36.1. The van der Waals surface area contributed by atoms with Crippen LogP contribution in [0.3, 0.4) is 0 Å². The van der Waals surface area contributed by atoms with Crippen LogP contribution in [0.5, 0.6) is 5.75 Å². The van der Waals surface area contributed by atoms with Gasteiger partial charge in [-0.05, 0) is 50.1 Å². The number of nitrogens with zero attached hydrogens (tertiary/aromatic N) is 6. The maximum atomic E-state index is 12.6. The zero-order valence-corrected chi connectivity index (χ0v) is 20.2. The largest absolute Gasteiger partial charge is 0.497 e. The Morgan fingerprint density at radius 3 is 2.42 bits per heavy atom. The van der Waals surface area contributed by atoms with E-state index in [-0.39, 0.29) is 11.8 Å². The predicted molar refractivity (Wildman–Crippen MR) is 134 cm³/mol. The number of aromatic nitrogens is 5. The number of carbonyl (C=O) groups is 2. The highest BCUT2D eigenvalue weighted by atomic mass is 16.5. The van der Waals surface area contributed by atoms with Crippen LogP contribution in [0.15, 0.2) is 54.9 Å². The maximum absolute atomic E-state index is 12.6. The molecule has 2 aromatic carbocycles. The van der Waals surface area contributed by atoms with Gasteiger partial charge >= 0.3 is 0 Å². The number of ether oxygens (including phenoxy) is 1. The number of amides is 2. The lowest BCUT2D eigenvalue weighted by molar-refractivity contribution is 0.0652. The second kappa shape index (κ2) is 8.30. The number of carbonyl (C=O) groups excluding carboxylic acids is 2. The monoisotopic (exact) mass is 480 g/mol. The van der Waals surface area contributed by atoms with Crippen molar-refractivity contribution in [2.24, 2.45) is 0 Å². The normalized spacial score (nSPS) is 13.2. The number of benzene rings is 2. The van der Waals surface area contributed by atoms with Crippen LogP contribution >= 0.6 is 0 Å². The van der Waals surface area contributed by atoms with Gasteiger partial charge in [0.25, 0.3) is 11.8 Å². The van der Waals surface area contributed by atoms with Crippen LogP contribution in [0.4, 0.5) is 0 Å². The zero-order valence-electron chi connectivity index (χ0n) is 20.2. The van der Waals surface area contributed by atoms with E-state index < -0.39 is 0 Å². The Morgan fingerprint density at radius 1 is 0.944 bits per heavy atom. The van der Waals surface area contributed by atoms with E-state index in [1.54, 1.807) is 42.2 Å². The van der Waals surface area contributed by atoms with Gasteiger partial charge in [0, 0.05) is 24.7 Å². The lowest BCUT2D eigenvalue weighted by Crippen LogP contribution is -2.31. The molecule has 2 amide bonds. The first-order valence-electron chi connectivity index (χ1n) is 11.8. The van der Waals surface area contributed by atoms with Gasteiger partial charge in [-0.3, -0.25) is 19.1 Å². The van der Waals surface area contributed by atoms with E-state index in [0.717, 1.165) is 39.4 Å². The van der Waals surface area contributed by atoms with Gasteiger partial charge in [0.05, 0.1) is 29.3 Å². The lowest BCUT2D eigenvalue weighted by atomic mass is 10.1. The quantitative estimate of drug-likeness (QED) is 0.342. The van der Waals surface area contributed by atoms with E-state index in [0.29, 0.717) is 36.3 Å². The highest BCUT2D eigenvalue weighted by Crippen LogP contribution is 2.31. The summed E-state index contributed by atoms with van der Waals surface area (Å²) in [5.74, 6) is 0.936. The number of hydrogen-bond acceptors (Lipinski definition) is 6. The molecule has 9 nitrogen and oxygen atoms in total. The molecule has 1 aliphatic rings. The van der Waals surface area contributed by atoms with Crippen molar-refractivity contribution in [3.8, 4) is 11.4 Å². The fourth-order valence-corrected chi connectivity index (χ4v) is 4.91. The highest BCUT2D eigenvalue weighted by Gasteiger charge is 2.34. The molecule has 180 valence electrons. The molecule has 9 heteroatoms. The van der Waals surface area contributed by atoms with Gasteiger partial charge < -0.3 is 4.74 Å². The third-order valence-corrected chi connectivity index (χ3v) is 6.85. The Hall–Kier alpha value is -4.53. The molecule has 1 aliphatic heterocycles. The van der Waals surface area contributed by atoms with Gasteiger partial charge in [-0.25, -0.2) is 14.5 Å². The molecule has 0 aliphatic carbocycles. The first-order chi connectivity index (χ1) is 17.5. The van der Waals surface area contributed by atoms with Crippen LogP contribution in [0.1, 0.15) is 44.2 Å². The second-order valence-electron chi connectivity index (χ2n) is 8.90. The van der Waals surface area contributed by atoms with Gasteiger partial charge in [0.2, 0.25) is 0 Å². The Labute approximate surface area is 207 Å². The number of imide groups is 1. The van der Waals surface area contributed by atoms with Gasteiger partial charge in [-0.2, -0.15) is 0 Å². The molecule has 36 heavy (non-hydrogen) atoms. The van der Waals surface area contributed by atoms with Gasteiger partial charge in [0.15, 0.2) is 17.1 Å². The van der Waals surface area contributed by atoms with Crippen molar-refractivity contribution < 1.29 is 14.3 Å². The molecule has 6 rings (SSSR count). The molecule has 5 aromatic rings. The van der Waals surface area contributed by atoms with Crippen molar-refractivity contribution in [3.63, 3.8) is 0 Å². The molecule has 0 bridgehead atoms. The van der Waals surface area contributed by atoms with Crippen molar-refractivity contribution in [3.05, 3.63) is 83.1 Å². The molecule has 0 fully saturated rings. The number of hydrogen-bond donors (Lipinski definition) is 0. The minimum atomic E-state index is -0.241. The molecule has 0 unspecified atom stereocenters. The molecule has 0 saturated carbocycles. The third kappa shape index (κ3) is 3.27. The average molecular weight is 481 g/mol. The minimum absolute atomic E-state index is 0.241. The van der Waals surface area contributed by atoms with Gasteiger partial charge in [-0.1, -0.05) is 18.2 Å². The van der Waals surface area contributed by atoms with Crippen LogP contribution in [-0.4, -0.2) is 54.5 Å². The molecule has 4 heterocycles. The summed E-state index contributed by atoms with van der Waals surface area (Å²) in [6, 6.07) is 14.8. The Morgan fingerprint density at radius 2 is 1.69 bits per heavy atom.